The van der Waals surface area contributed by atoms with Gasteiger partial charge in [0.05, 0.1) is 21.8 Å². The van der Waals surface area contributed by atoms with Crippen molar-refractivity contribution in [2.24, 2.45) is 5.92 Å². The summed E-state index contributed by atoms with van der Waals surface area (Å²) in [4.78, 5) is 21.7. The van der Waals surface area contributed by atoms with Crippen molar-refractivity contribution < 1.29 is 4.79 Å². The number of thiophene rings is 1. The SMILES string of the molecule is O=C(C1CCCN(c2ccnc3ccsc23)C1)N1CCSCC1. The van der Waals surface area contributed by atoms with E-state index in [-0.39, 0.29) is 5.92 Å². The van der Waals surface area contributed by atoms with Gasteiger partial charge in [-0.25, -0.2) is 0 Å². The molecular formula is C17H21N3OS2. The molecule has 1 atom stereocenters. The van der Waals surface area contributed by atoms with Crippen LogP contribution in [0.2, 0.25) is 0 Å². The molecule has 1 unspecified atom stereocenters. The van der Waals surface area contributed by atoms with Crippen LogP contribution in [0.4, 0.5) is 5.69 Å². The van der Waals surface area contributed by atoms with Gasteiger partial charge in [0.2, 0.25) is 5.91 Å². The molecule has 4 nitrogen and oxygen atoms in total. The van der Waals surface area contributed by atoms with Crippen LogP contribution in [-0.2, 0) is 4.79 Å². The minimum Gasteiger partial charge on any atom is -0.369 e. The van der Waals surface area contributed by atoms with E-state index >= 15 is 0 Å². The Morgan fingerprint density at radius 2 is 2.09 bits per heavy atom. The van der Waals surface area contributed by atoms with Gasteiger partial charge in [-0.15, -0.1) is 11.3 Å². The van der Waals surface area contributed by atoms with E-state index in [9.17, 15) is 4.79 Å². The van der Waals surface area contributed by atoms with Gasteiger partial charge in [0.15, 0.2) is 0 Å². The van der Waals surface area contributed by atoms with Gasteiger partial charge in [0.1, 0.15) is 0 Å². The molecule has 2 fully saturated rings. The molecule has 2 saturated heterocycles. The monoisotopic (exact) mass is 347 g/mol. The predicted molar refractivity (Wildman–Crippen MR) is 98.5 cm³/mol. The quantitative estimate of drug-likeness (QED) is 0.836. The number of nitrogens with zero attached hydrogens (tertiary/aromatic N) is 3. The highest BCUT2D eigenvalue weighted by Crippen LogP contribution is 2.33. The van der Waals surface area contributed by atoms with Gasteiger partial charge in [-0.05, 0) is 30.4 Å². The number of rotatable bonds is 2. The molecule has 23 heavy (non-hydrogen) atoms. The van der Waals surface area contributed by atoms with Crippen LogP contribution >= 0.6 is 23.1 Å². The second kappa shape index (κ2) is 6.69. The van der Waals surface area contributed by atoms with Crippen molar-refractivity contribution in [1.29, 1.82) is 0 Å². The Morgan fingerprint density at radius 3 is 2.96 bits per heavy atom. The highest BCUT2D eigenvalue weighted by Gasteiger charge is 2.30. The average Bonchev–Trinajstić information content (AvgIpc) is 3.10. The van der Waals surface area contributed by atoms with Crippen molar-refractivity contribution in [1.82, 2.24) is 9.88 Å². The van der Waals surface area contributed by atoms with Crippen molar-refractivity contribution in [3.63, 3.8) is 0 Å². The summed E-state index contributed by atoms with van der Waals surface area (Å²) in [6, 6.07) is 4.17. The molecule has 0 aromatic carbocycles. The minimum absolute atomic E-state index is 0.148. The zero-order chi connectivity index (χ0) is 15.6. The number of aromatic nitrogens is 1. The average molecular weight is 348 g/mol. The Bertz CT molecular complexity index is 696. The Hall–Kier alpha value is -1.27. The summed E-state index contributed by atoms with van der Waals surface area (Å²) in [5.74, 6) is 2.69. The van der Waals surface area contributed by atoms with Gasteiger partial charge < -0.3 is 9.80 Å². The topological polar surface area (TPSA) is 36.4 Å². The number of hydrogen-bond donors (Lipinski definition) is 0. The van der Waals surface area contributed by atoms with Crippen molar-refractivity contribution in [2.75, 3.05) is 42.6 Å². The lowest BCUT2D eigenvalue weighted by Crippen LogP contribution is -2.47. The van der Waals surface area contributed by atoms with Crippen LogP contribution in [0.3, 0.4) is 0 Å². The van der Waals surface area contributed by atoms with Crippen LogP contribution in [-0.4, -0.2) is 53.5 Å². The van der Waals surface area contributed by atoms with Gasteiger partial charge in [-0.3, -0.25) is 9.78 Å². The second-order valence-electron chi connectivity index (χ2n) is 6.19. The van der Waals surface area contributed by atoms with E-state index in [2.05, 4.69) is 32.3 Å². The van der Waals surface area contributed by atoms with Crippen LogP contribution in [0.25, 0.3) is 10.2 Å². The number of hydrogen-bond acceptors (Lipinski definition) is 5. The summed E-state index contributed by atoms with van der Waals surface area (Å²) in [5.41, 5.74) is 2.31. The van der Waals surface area contributed by atoms with E-state index in [0.717, 1.165) is 56.0 Å². The van der Waals surface area contributed by atoms with Crippen LogP contribution < -0.4 is 4.90 Å². The Kier molecular flexibility index (Phi) is 4.44. The molecule has 4 heterocycles. The molecule has 4 rings (SSSR count). The predicted octanol–water partition coefficient (Wildman–Crippen LogP) is 3.09. The molecule has 122 valence electrons. The maximum absolute atomic E-state index is 12.8. The summed E-state index contributed by atoms with van der Waals surface area (Å²) >= 11 is 3.70. The van der Waals surface area contributed by atoms with Gasteiger partial charge in [-0.2, -0.15) is 11.8 Å². The van der Waals surface area contributed by atoms with Crippen LogP contribution in [0, 0.1) is 5.92 Å². The summed E-state index contributed by atoms with van der Waals surface area (Å²) in [5, 5.41) is 2.10. The fourth-order valence-corrected chi connectivity index (χ4v) is 5.34. The van der Waals surface area contributed by atoms with Gasteiger partial charge >= 0.3 is 0 Å². The summed E-state index contributed by atoms with van der Waals surface area (Å²) in [6.45, 7) is 3.73. The number of pyridine rings is 1. The molecule has 0 bridgehead atoms. The smallest absolute Gasteiger partial charge is 0.227 e. The van der Waals surface area contributed by atoms with E-state index in [4.69, 9.17) is 0 Å². The van der Waals surface area contributed by atoms with E-state index < -0.39 is 0 Å². The van der Waals surface area contributed by atoms with Crippen molar-refractivity contribution in [2.45, 2.75) is 12.8 Å². The summed E-state index contributed by atoms with van der Waals surface area (Å²) in [6.07, 6.45) is 4.00. The molecule has 2 aromatic rings. The highest BCUT2D eigenvalue weighted by atomic mass is 32.2. The third kappa shape index (κ3) is 3.06. The Labute approximate surface area is 144 Å². The Balaban J connectivity index is 1.52. The van der Waals surface area contributed by atoms with Crippen molar-refractivity contribution >= 4 is 44.9 Å². The Morgan fingerprint density at radius 1 is 1.22 bits per heavy atom. The minimum atomic E-state index is 0.148. The first-order chi connectivity index (χ1) is 11.3. The lowest BCUT2D eigenvalue weighted by Gasteiger charge is -2.37. The number of thioether (sulfide) groups is 1. The number of fused-ring (bicyclic) bond motifs is 1. The van der Waals surface area contributed by atoms with E-state index in [0.29, 0.717) is 5.91 Å². The zero-order valence-corrected chi connectivity index (χ0v) is 14.7. The molecule has 2 aliphatic heterocycles. The number of amides is 1. The zero-order valence-electron chi connectivity index (χ0n) is 13.1. The number of carbonyl (C=O) groups excluding carboxylic acids is 1. The summed E-state index contributed by atoms with van der Waals surface area (Å²) < 4.78 is 1.25. The normalized spacial score (nSPS) is 22.5. The second-order valence-corrected chi connectivity index (χ2v) is 8.33. The number of carbonyl (C=O) groups is 1. The third-order valence-electron chi connectivity index (χ3n) is 4.76. The first kappa shape index (κ1) is 15.3. The van der Waals surface area contributed by atoms with E-state index in [1.54, 1.807) is 11.3 Å². The first-order valence-corrected chi connectivity index (χ1v) is 10.3. The molecule has 0 aliphatic carbocycles. The molecule has 6 heteroatoms. The fraction of sp³-hybridized carbons (Fsp3) is 0.529. The molecule has 0 N–H and O–H groups in total. The first-order valence-electron chi connectivity index (χ1n) is 8.26. The van der Waals surface area contributed by atoms with Gasteiger partial charge in [-0.1, -0.05) is 0 Å². The molecule has 0 radical (unpaired) electrons. The van der Waals surface area contributed by atoms with Crippen LogP contribution in [0.5, 0.6) is 0 Å². The number of piperidine rings is 1. The molecular weight excluding hydrogens is 326 g/mol. The third-order valence-corrected chi connectivity index (χ3v) is 6.63. The van der Waals surface area contributed by atoms with Crippen molar-refractivity contribution in [3.05, 3.63) is 23.7 Å². The standard InChI is InChI=1S/C17H21N3OS2/c21-17(19-7-10-22-11-8-19)13-2-1-6-20(12-13)15-3-5-18-14-4-9-23-16(14)15/h3-5,9,13H,1-2,6-8,10-12H2. The van der Waals surface area contributed by atoms with Gasteiger partial charge in [0.25, 0.3) is 0 Å². The summed E-state index contributed by atoms with van der Waals surface area (Å²) in [7, 11) is 0. The molecule has 2 aliphatic rings. The van der Waals surface area contributed by atoms with Gasteiger partial charge in [0, 0.05) is 43.9 Å². The largest absolute Gasteiger partial charge is 0.369 e. The molecule has 1 amide bonds. The molecule has 0 saturated carbocycles. The van der Waals surface area contributed by atoms with E-state index in [1.807, 2.05) is 18.0 Å². The maximum atomic E-state index is 12.8. The lowest BCUT2D eigenvalue weighted by atomic mass is 9.96. The lowest BCUT2D eigenvalue weighted by molar-refractivity contribution is -0.135. The number of anilines is 1. The highest BCUT2D eigenvalue weighted by molar-refractivity contribution is 7.99. The molecule has 2 aromatic heterocycles. The fourth-order valence-electron chi connectivity index (χ4n) is 3.55. The maximum Gasteiger partial charge on any atom is 0.227 e. The van der Waals surface area contributed by atoms with Crippen LogP contribution in [0.1, 0.15) is 12.8 Å². The van der Waals surface area contributed by atoms with Crippen LogP contribution in [0.15, 0.2) is 23.7 Å². The van der Waals surface area contributed by atoms with E-state index in [1.165, 1.54) is 10.4 Å². The molecule has 0 spiro atoms. The van der Waals surface area contributed by atoms with Crippen molar-refractivity contribution in [3.8, 4) is 0 Å².